The van der Waals surface area contributed by atoms with Crippen molar-refractivity contribution in [3.05, 3.63) is 28.3 Å². The second-order valence-corrected chi connectivity index (χ2v) is 5.02. The van der Waals surface area contributed by atoms with E-state index in [2.05, 4.69) is 5.32 Å². The first-order valence-electron chi connectivity index (χ1n) is 5.74. The summed E-state index contributed by atoms with van der Waals surface area (Å²) in [5.74, 6) is 0. The highest BCUT2D eigenvalue weighted by molar-refractivity contribution is 5.65. The molecular weight excluding hydrogens is 234 g/mol. The van der Waals surface area contributed by atoms with Crippen LogP contribution in [0.25, 0.3) is 0 Å². The highest BCUT2D eigenvalue weighted by Crippen LogP contribution is 2.26. The fourth-order valence-electron chi connectivity index (χ4n) is 1.56. The molecule has 18 heavy (non-hydrogen) atoms. The number of hydrogen-bond donors (Lipinski definition) is 3. The van der Waals surface area contributed by atoms with Gasteiger partial charge >= 0.3 is 0 Å². The first-order chi connectivity index (χ1) is 8.35. The molecule has 0 bridgehead atoms. The van der Waals surface area contributed by atoms with Gasteiger partial charge in [0.1, 0.15) is 5.69 Å². The molecule has 6 heteroatoms. The number of nitro benzene ring substituents is 1. The molecule has 1 rings (SSSR count). The molecule has 0 saturated heterocycles. The quantitative estimate of drug-likeness (QED) is 0.409. The van der Waals surface area contributed by atoms with Crippen molar-refractivity contribution in [3.8, 4) is 0 Å². The highest BCUT2D eigenvalue weighted by atomic mass is 16.6. The van der Waals surface area contributed by atoms with Gasteiger partial charge in [0.25, 0.3) is 5.69 Å². The first-order valence-corrected chi connectivity index (χ1v) is 5.74. The van der Waals surface area contributed by atoms with Gasteiger partial charge in [0.05, 0.1) is 4.92 Å². The standard InChI is InChI=1S/C12H19N3O3/c1-12(2,5-6-16)8-14-9-3-4-11(15(17)18)10(13)7-9/h3-4,7,14,16H,5-6,8,13H2,1-2H3. The smallest absolute Gasteiger partial charge is 0.292 e. The van der Waals surface area contributed by atoms with Crippen molar-refractivity contribution in [2.75, 3.05) is 24.2 Å². The average molecular weight is 253 g/mol. The van der Waals surface area contributed by atoms with E-state index in [4.69, 9.17) is 10.8 Å². The predicted octanol–water partition coefficient (Wildman–Crippen LogP) is 2.00. The van der Waals surface area contributed by atoms with Crippen molar-refractivity contribution in [1.29, 1.82) is 0 Å². The van der Waals surface area contributed by atoms with Crippen LogP contribution in [0.15, 0.2) is 18.2 Å². The summed E-state index contributed by atoms with van der Waals surface area (Å²) in [5, 5.41) is 22.7. The molecule has 4 N–H and O–H groups in total. The number of nitrogen functional groups attached to an aromatic ring is 1. The Morgan fingerprint density at radius 2 is 2.17 bits per heavy atom. The van der Waals surface area contributed by atoms with E-state index < -0.39 is 4.92 Å². The van der Waals surface area contributed by atoms with Crippen molar-refractivity contribution in [3.63, 3.8) is 0 Å². The summed E-state index contributed by atoms with van der Waals surface area (Å²) in [6, 6.07) is 4.56. The number of rotatable bonds is 6. The zero-order valence-electron chi connectivity index (χ0n) is 10.6. The maximum atomic E-state index is 10.6. The van der Waals surface area contributed by atoms with Crippen molar-refractivity contribution in [2.24, 2.45) is 5.41 Å². The maximum absolute atomic E-state index is 10.6. The van der Waals surface area contributed by atoms with E-state index >= 15 is 0 Å². The van der Waals surface area contributed by atoms with Gasteiger partial charge in [-0.1, -0.05) is 13.8 Å². The number of nitrogens with two attached hydrogens (primary N) is 1. The molecule has 6 nitrogen and oxygen atoms in total. The minimum absolute atomic E-state index is 0.0503. The first kappa shape index (κ1) is 14.2. The Bertz CT molecular complexity index is 433. The Morgan fingerprint density at radius 1 is 1.50 bits per heavy atom. The molecule has 100 valence electrons. The lowest BCUT2D eigenvalue weighted by molar-refractivity contribution is -0.383. The molecule has 0 aliphatic carbocycles. The van der Waals surface area contributed by atoms with Gasteiger partial charge in [-0.05, 0) is 24.0 Å². The summed E-state index contributed by atoms with van der Waals surface area (Å²) in [4.78, 5) is 10.1. The van der Waals surface area contributed by atoms with Gasteiger partial charge in [-0.25, -0.2) is 0 Å². The molecule has 0 saturated carbocycles. The minimum Gasteiger partial charge on any atom is -0.396 e. The van der Waals surface area contributed by atoms with Crippen molar-refractivity contribution >= 4 is 17.1 Å². The number of nitrogens with one attached hydrogen (secondary N) is 1. The molecule has 0 aliphatic heterocycles. The Kier molecular flexibility index (Phi) is 4.49. The molecular formula is C12H19N3O3. The van der Waals surface area contributed by atoms with Gasteiger partial charge in [-0.3, -0.25) is 10.1 Å². The van der Waals surface area contributed by atoms with E-state index in [0.717, 1.165) is 5.69 Å². The van der Waals surface area contributed by atoms with Crippen LogP contribution < -0.4 is 11.1 Å². The number of anilines is 2. The monoisotopic (exact) mass is 253 g/mol. The second kappa shape index (κ2) is 5.68. The van der Waals surface area contributed by atoms with Gasteiger partial charge in [-0.2, -0.15) is 0 Å². The lowest BCUT2D eigenvalue weighted by Crippen LogP contribution is -2.24. The van der Waals surface area contributed by atoms with Crippen LogP contribution in [0, 0.1) is 15.5 Å². The van der Waals surface area contributed by atoms with Gasteiger partial charge in [-0.15, -0.1) is 0 Å². The van der Waals surface area contributed by atoms with E-state index in [1.807, 2.05) is 13.8 Å². The normalized spacial score (nSPS) is 11.3. The third kappa shape index (κ3) is 3.89. The Morgan fingerprint density at radius 3 is 2.67 bits per heavy atom. The van der Waals surface area contributed by atoms with Crippen LogP contribution in [-0.4, -0.2) is 23.2 Å². The van der Waals surface area contributed by atoms with Crippen LogP contribution in [0.2, 0.25) is 0 Å². The summed E-state index contributed by atoms with van der Waals surface area (Å²) in [5.41, 5.74) is 6.34. The third-order valence-electron chi connectivity index (χ3n) is 2.78. The van der Waals surface area contributed by atoms with Crippen molar-refractivity contribution in [2.45, 2.75) is 20.3 Å². The van der Waals surface area contributed by atoms with E-state index in [1.54, 1.807) is 12.1 Å². The molecule has 0 amide bonds. The molecule has 0 aromatic heterocycles. The molecule has 1 aromatic rings. The topological polar surface area (TPSA) is 101 Å². The maximum Gasteiger partial charge on any atom is 0.292 e. The number of aliphatic hydroxyl groups excluding tert-OH is 1. The molecule has 0 fully saturated rings. The van der Waals surface area contributed by atoms with Crippen LogP contribution in [-0.2, 0) is 0 Å². The molecule has 0 spiro atoms. The highest BCUT2D eigenvalue weighted by Gasteiger charge is 2.17. The SMILES string of the molecule is CC(C)(CCO)CNc1ccc([N+](=O)[O-])c(N)c1. The van der Waals surface area contributed by atoms with Crippen LogP contribution >= 0.6 is 0 Å². The lowest BCUT2D eigenvalue weighted by Gasteiger charge is -2.24. The van der Waals surface area contributed by atoms with Crippen LogP contribution in [0.5, 0.6) is 0 Å². The molecule has 0 atom stereocenters. The van der Waals surface area contributed by atoms with Crippen molar-refractivity contribution in [1.82, 2.24) is 0 Å². The number of benzene rings is 1. The number of hydrogen-bond acceptors (Lipinski definition) is 5. The van der Waals surface area contributed by atoms with Crippen LogP contribution in [0.1, 0.15) is 20.3 Å². The van der Waals surface area contributed by atoms with E-state index in [9.17, 15) is 10.1 Å². The summed E-state index contributed by atoms with van der Waals surface area (Å²) >= 11 is 0. The van der Waals surface area contributed by atoms with Crippen molar-refractivity contribution < 1.29 is 10.0 Å². The Hall–Kier alpha value is -1.82. The summed E-state index contributed by atoms with van der Waals surface area (Å²) in [6.45, 7) is 4.86. The van der Waals surface area contributed by atoms with E-state index in [1.165, 1.54) is 6.07 Å². The lowest BCUT2D eigenvalue weighted by atomic mass is 9.89. The molecule has 0 unspecified atom stereocenters. The second-order valence-electron chi connectivity index (χ2n) is 5.02. The summed E-state index contributed by atoms with van der Waals surface area (Å²) in [6.07, 6.45) is 0.683. The molecule has 1 aromatic carbocycles. The number of nitro groups is 1. The predicted molar refractivity (Wildman–Crippen MR) is 71.5 cm³/mol. The van der Waals surface area contributed by atoms with Gasteiger partial charge in [0.15, 0.2) is 0 Å². The van der Waals surface area contributed by atoms with E-state index in [-0.39, 0.29) is 23.4 Å². The molecule has 0 aliphatic rings. The Labute approximate surface area is 106 Å². The minimum atomic E-state index is -0.505. The zero-order valence-corrected chi connectivity index (χ0v) is 10.6. The van der Waals surface area contributed by atoms with Crippen LogP contribution in [0.3, 0.4) is 0 Å². The van der Waals surface area contributed by atoms with Crippen LogP contribution in [0.4, 0.5) is 17.1 Å². The number of aliphatic hydroxyl groups is 1. The average Bonchev–Trinajstić information content (AvgIpc) is 2.26. The molecule has 0 radical (unpaired) electrons. The Balaban J connectivity index is 2.70. The summed E-state index contributed by atoms with van der Waals surface area (Å²) in [7, 11) is 0. The zero-order chi connectivity index (χ0) is 13.8. The molecule has 0 heterocycles. The van der Waals surface area contributed by atoms with Gasteiger partial charge in [0, 0.05) is 24.9 Å². The van der Waals surface area contributed by atoms with E-state index in [0.29, 0.717) is 13.0 Å². The fraction of sp³-hybridized carbons (Fsp3) is 0.500. The fourth-order valence-corrected chi connectivity index (χ4v) is 1.56. The van der Waals surface area contributed by atoms with Gasteiger partial charge in [0.2, 0.25) is 0 Å². The largest absolute Gasteiger partial charge is 0.396 e. The summed E-state index contributed by atoms with van der Waals surface area (Å²) < 4.78 is 0. The van der Waals surface area contributed by atoms with Gasteiger partial charge < -0.3 is 16.2 Å². The number of nitrogens with zero attached hydrogens (tertiary/aromatic N) is 1. The third-order valence-corrected chi connectivity index (χ3v) is 2.78.